The number of anilines is 1. The number of thiophene rings is 1. The zero-order chi connectivity index (χ0) is 21.2. The lowest BCUT2D eigenvalue weighted by Gasteiger charge is -2.21. The number of Topliss-reactive ketones (excluding diaryl/α,β-unsaturated/α-hetero) is 1. The van der Waals surface area contributed by atoms with Crippen molar-refractivity contribution >= 4 is 46.3 Å². The van der Waals surface area contributed by atoms with Gasteiger partial charge in [-0.15, -0.1) is 11.3 Å². The van der Waals surface area contributed by atoms with Gasteiger partial charge in [-0.1, -0.05) is 25.4 Å². The zero-order valence-corrected chi connectivity index (χ0v) is 18.1. The largest absolute Gasteiger partial charge is 0.481 e. The van der Waals surface area contributed by atoms with Crippen molar-refractivity contribution in [1.29, 1.82) is 0 Å². The second-order valence-corrected chi connectivity index (χ2v) is 9.87. The molecule has 1 aromatic carbocycles. The zero-order valence-electron chi connectivity index (χ0n) is 16.5. The van der Waals surface area contributed by atoms with E-state index in [0.29, 0.717) is 16.3 Å². The fraction of sp³-hybridized carbons (Fsp3) is 0.409. The third-order valence-electron chi connectivity index (χ3n) is 4.99. The van der Waals surface area contributed by atoms with Gasteiger partial charge in [-0.3, -0.25) is 14.4 Å². The molecule has 1 amide bonds. The van der Waals surface area contributed by atoms with Crippen molar-refractivity contribution in [3.8, 4) is 0 Å². The van der Waals surface area contributed by atoms with E-state index in [1.807, 2.05) is 0 Å². The highest BCUT2D eigenvalue weighted by Crippen LogP contribution is 2.37. The SMILES string of the molecule is CC(C)(CC(=O)O)CC(=O)Cc1sc2c(c1C(=O)Nc1ccc(Cl)cc1)CCC2. The smallest absolute Gasteiger partial charge is 0.303 e. The summed E-state index contributed by atoms with van der Waals surface area (Å²) in [6.07, 6.45) is 3.05. The molecule has 1 aromatic heterocycles. The van der Waals surface area contributed by atoms with E-state index in [9.17, 15) is 14.4 Å². The van der Waals surface area contributed by atoms with E-state index >= 15 is 0 Å². The van der Waals surface area contributed by atoms with Crippen molar-refractivity contribution in [2.24, 2.45) is 5.41 Å². The summed E-state index contributed by atoms with van der Waals surface area (Å²) < 4.78 is 0. The van der Waals surface area contributed by atoms with Crippen molar-refractivity contribution in [3.63, 3.8) is 0 Å². The topological polar surface area (TPSA) is 83.5 Å². The fourth-order valence-electron chi connectivity index (χ4n) is 3.82. The van der Waals surface area contributed by atoms with Gasteiger partial charge in [0, 0.05) is 33.3 Å². The molecule has 29 heavy (non-hydrogen) atoms. The van der Waals surface area contributed by atoms with Crippen LogP contribution >= 0.6 is 22.9 Å². The summed E-state index contributed by atoms with van der Waals surface area (Å²) in [6, 6.07) is 6.91. The van der Waals surface area contributed by atoms with E-state index in [1.54, 1.807) is 38.1 Å². The highest BCUT2D eigenvalue weighted by Gasteiger charge is 2.30. The second-order valence-electron chi connectivity index (χ2n) is 8.24. The first-order chi connectivity index (χ1) is 13.6. The summed E-state index contributed by atoms with van der Waals surface area (Å²) in [5.41, 5.74) is 1.70. The average molecular weight is 434 g/mol. The number of aryl methyl sites for hydroxylation is 1. The Balaban J connectivity index is 1.79. The van der Waals surface area contributed by atoms with Crippen molar-refractivity contribution < 1.29 is 19.5 Å². The lowest BCUT2D eigenvalue weighted by atomic mass is 9.83. The Bertz CT molecular complexity index is 946. The number of carboxylic acids is 1. The van der Waals surface area contributed by atoms with Gasteiger partial charge in [-0.25, -0.2) is 0 Å². The maximum Gasteiger partial charge on any atom is 0.303 e. The first-order valence-corrected chi connectivity index (χ1v) is 10.8. The molecule has 5 nitrogen and oxygen atoms in total. The van der Waals surface area contributed by atoms with E-state index < -0.39 is 11.4 Å². The molecule has 0 atom stereocenters. The lowest BCUT2D eigenvalue weighted by Crippen LogP contribution is -2.22. The van der Waals surface area contributed by atoms with Crippen LogP contribution in [-0.4, -0.2) is 22.8 Å². The number of halogens is 1. The van der Waals surface area contributed by atoms with Gasteiger partial charge in [0.1, 0.15) is 5.78 Å². The number of nitrogens with one attached hydrogen (secondary N) is 1. The van der Waals surface area contributed by atoms with E-state index in [4.69, 9.17) is 16.7 Å². The van der Waals surface area contributed by atoms with Crippen LogP contribution in [0.1, 0.15) is 58.8 Å². The number of aliphatic carboxylic acids is 1. The number of rotatable bonds is 8. The molecule has 154 valence electrons. The van der Waals surface area contributed by atoms with Gasteiger partial charge in [0.2, 0.25) is 0 Å². The molecule has 0 saturated carbocycles. The van der Waals surface area contributed by atoms with Crippen molar-refractivity contribution in [1.82, 2.24) is 0 Å². The van der Waals surface area contributed by atoms with Gasteiger partial charge in [-0.05, 0) is 54.5 Å². The summed E-state index contributed by atoms with van der Waals surface area (Å²) in [6.45, 7) is 3.56. The maximum absolute atomic E-state index is 13.0. The van der Waals surface area contributed by atoms with Gasteiger partial charge in [0.05, 0.1) is 12.0 Å². The van der Waals surface area contributed by atoms with Gasteiger partial charge in [-0.2, -0.15) is 0 Å². The number of ketones is 1. The maximum atomic E-state index is 13.0. The Hall–Kier alpha value is -2.18. The van der Waals surface area contributed by atoms with Crippen LogP contribution in [-0.2, 0) is 28.9 Å². The summed E-state index contributed by atoms with van der Waals surface area (Å²) in [4.78, 5) is 38.7. The Morgan fingerprint density at radius 1 is 1.14 bits per heavy atom. The predicted octanol–water partition coefficient (Wildman–Crippen LogP) is 5.15. The standard InChI is InChI=1S/C22H24ClNO4S/c1-22(2,12-19(26)27)11-15(25)10-18-20(16-4-3-5-17(16)29-18)21(28)24-14-8-6-13(23)7-9-14/h6-9H,3-5,10-12H2,1-2H3,(H,24,28)(H,26,27). The van der Waals surface area contributed by atoms with Crippen LogP contribution in [0.25, 0.3) is 0 Å². The fourth-order valence-corrected chi connectivity index (χ4v) is 5.37. The molecule has 0 unspecified atom stereocenters. The van der Waals surface area contributed by atoms with E-state index in [0.717, 1.165) is 29.7 Å². The number of carboxylic acid groups (broad SMARTS) is 1. The number of amides is 1. The first-order valence-electron chi connectivity index (χ1n) is 9.58. The molecule has 2 aromatic rings. The van der Waals surface area contributed by atoms with Crippen molar-refractivity contribution in [2.75, 3.05) is 5.32 Å². The monoisotopic (exact) mass is 433 g/mol. The molecule has 1 aliphatic rings. The molecule has 2 N–H and O–H groups in total. The summed E-state index contributed by atoms with van der Waals surface area (Å²) in [5, 5.41) is 12.5. The van der Waals surface area contributed by atoms with Gasteiger partial charge < -0.3 is 10.4 Å². The van der Waals surface area contributed by atoms with E-state index in [1.165, 1.54) is 16.2 Å². The first kappa shape index (κ1) is 21.5. The quantitative estimate of drug-likeness (QED) is 0.603. The number of benzene rings is 1. The number of carbonyl (C=O) groups is 3. The van der Waals surface area contributed by atoms with Crippen LogP contribution in [0.15, 0.2) is 24.3 Å². The minimum Gasteiger partial charge on any atom is -0.481 e. The Morgan fingerprint density at radius 3 is 2.48 bits per heavy atom. The normalized spacial score (nSPS) is 13.2. The minimum absolute atomic E-state index is 0.0447. The summed E-state index contributed by atoms with van der Waals surface area (Å²) in [5.74, 6) is -1.17. The van der Waals surface area contributed by atoms with Crippen LogP contribution in [0.3, 0.4) is 0 Å². The number of fused-ring (bicyclic) bond motifs is 1. The molecule has 1 heterocycles. The molecular formula is C22H24ClNO4S. The van der Waals surface area contributed by atoms with Crippen LogP contribution in [0.2, 0.25) is 5.02 Å². The van der Waals surface area contributed by atoms with Crippen LogP contribution in [0.5, 0.6) is 0 Å². The van der Waals surface area contributed by atoms with E-state index in [2.05, 4.69) is 5.32 Å². The molecule has 7 heteroatoms. The molecule has 0 bridgehead atoms. The molecule has 0 radical (unpaired) electrons. The van der Waals surface area contributed by atoms with Gasteiger partial charge in [0.25, 0.3) is 5.91 Å². The van der Waals surface area contributed by atoms with Crippen LogP contribution in [0, 0.1) is 5.41 Å². The average Bonchev–Trinajstić information content (AvgIpc) is 3.15. The molecular weight excluding hydrogens is 410 g/mol. The molecule has 0 saturated heterocycles. The molecule has 3 rings (SSSR count). The molecule has 0 aliphatic heterocycles. The van der Waals surface area contributed by atoms with Crippen molar-refractivity contribution in [2.45, 2.75) is 52.4 Å². The highest BCUT2D eigenvalue weighted by atomic mass is 35.5. The lowest BCUT2D eigenvalue weighted by molar-refractivity contribution is -0.139. The summed E-state index contributed by atoms with van der Waals surface area (Å²) in [7, 11) is 0. The van der Waals surface area contributed by atoms with Crippen LogP contribution in [0.4, 0.5) is 5.69 Å². The van der Waals surface area contributed by atoms with Gasteiger partial charge in [0.15, 0.2) is 0 Å². The minimum atomic E-state index is -0.916. The predicted molar refractivity (Wildman–Crippen MR) is 115 cm³/mol. The van der Waals surface area contributed by atoms with Crippen molar-refractivity contribution in [3.05, 3.63) is 50.2 Å². The Kier molecular flexibility index (Phi) is 6.44. The highest BCUT2D eigenvalue weighted by molar-refractivity contribution is 7.12. The second kappa shape index (κ2) is 8.67. The molecule has 0 spiro atoms. The molecule has 0 fully saturated rings. The van der Waals surface area contributed by atoms with Gasteiger partial charge >= 0.3 is 5.97 Å². The Morgan fingerprint density at radius 2 is 1.83 bits per heavy atom. The van der Waals surface area contributed by atoms with E-state index in [-0.39, 0.29) is 31.0 Å². The third kappa shape index (κ3) is 5.46. The Labute approximate surface area is 179 Å². The summed E-state index contributed by atoms with van der Waals surface area (Å²) >= 11 is 7.45. The molecule has 1 aliphatic carbocycles. The number of hydrogen-bond donors (Lipinski definition) is 2. The number of carbonyl (C=O) groups excluding carboxylic acids is 2. The van der Waals surface area contributed by atoms with Crippen LogP contribution < -0.4 is 5.32 Å². The number of hydrogen-bond acceptors (Lipinski definition) is 4. The third-order valence-corrected chi connectivity index (χ3v) is 6.53.